The van der Waals surface area contributed by atoms with Crippen LogP contribution in [0.15, 0.2) is 16.5 Å². The molecular formula is C13H22N2O2. The van der Waals surface area contributed by atoms with Crippen LogP contribution in [0, 0.1) is 5.92 Å². The van der Waals surface area contributed by atoms with Crippen molar-refractivity contribution >= 4 is 0 Å². The van der Waals surface area contributed by atoms with Gasteiger partial charge in [-0.15, -0.1) is 0 Å². The van der Waals surface area contributed by atoms with E-state index in [9.17, 15) is 0 Å². The Hall–Kier alpha value is -0.840. The van der Waals surface area contributed by atoms with Gasteiger partial charge in [-0.1, -0.05) is 6.92 Å². The van der Waals surface area contributed by atoms with Crippen molar-refractivity contribution in [2.24, 2.45) is 5.92 Å². The van der Waals surface area contributed by atoms with Crippen LogP contribution < -0.4 is 5.32 Å². The van der Waals surface area contributed by atoms with Crippen molar-refractivity contribution in [3.63, 3.8) is 0 Å². The van der Waals surface area contributed by atoms with Gasteiger partial charge in [0.2, 0.25) is 0 Å². The van der Waals surface area contributed by atoms with Gasteiger partial charge in [-0.2, -0.15) is 0 Å². The van der Waals surface area contributed by atoms with Crippen molar-refractivity contribution in [1.82, 2.24) is 10.2 Å². The second-order valence-corrected chi connectivity index (χ2v) is 5.04. The Bertz CT molecular complexity index is 351. The fourth-order valence-corrected chi connectivity index (χ4v) is 2.49. The number of piperidine rings is 1. The third-order valence-electron chi connectivity index (χ3n) is 3.52. The van der Waals surface area contributed by atoms with Crippen LogP contribution in [0.1, 0.15) is 24.9 Å². The van der Waals surface area contributed by atoms with E-state index in [-0.39, 0.29) is 6.61 Å². The van der Waals surface area contributed by atoms with Gasteiger partial charge in [-0.25, -0.2) is 0 Å². The van der Waals surface area contributed by atoms with E-state index in [0.29, 0.717) is 17.7 Å². The Morgan fingerprint density at radius 2 is 2.24 bits per heavy atom. The molecule has 2 rings (SSSR count). The molecule has 2 N–H and O–H groups in total. The summed E-state index contributed by atoms with van der Waals surface area (Å²) in [6.07, 6.45) is 1.19. The zero-order valence-corrected chi connectivity index (χ0v) is 10.6. The smallest absolute Gasteiger partial charge is 0.129 e. The lowest BCUT2D eigenvalue weighted by Gasteiger charge is -2.35. The van der Waals surface area contributed by atoms with Crippen LogP contribution in [-0.4, -0.2) is 36.2 Å². The van der Waals surface area contributed by atoms with E-state index < -0.39 is 0 Å². The van der Waals surface area contributed by atoms with Crippen LogP contribution in [0.5, 0.6) is 0 Å². The summed E-state index contributed by atoms with van der Waals surface area (Å²) >= 11 is 0. The minimum absolute atomic E-state index is 0.0232. The summed E-state index contributed by atoms with van der Waals surface area (Å²) in [6, 6.07) is 4.32. The molecule has 4 nitrogen and oxygen atoms in total. The van der Waals surface area contributed by atoms with Crippen molar-refractivity contribution in [3.05, 3.63) is 23.7 Å². The highest BCUT2D eigenvalue weighted by Gasteiger charge is 2.23. The van der Waals surface area contributed by atoms with Gasteiger partial charge in [-0.3, -0.25) is 0 Å². The number of hydrogen-bond acceptors (Lipinski definition) is 4. The van der Waals surface area contributed by atoms with Gasteiger partial charge in [0.25, 0.3) is 0 Å². The van der Waals surface area contributed by atoms with Crippen LogP contribution in [0.3, 0.4) is 0 Å². The fourth-order valence-electron chi connectivity index (χ4n) is 2.49. The van der Waals surface area contributed by atoms with Crippen molar-refractivity contribution in [2.75, 3.05) is 20.1 Å². The molecule has 96 valence electrons. The molecule has 1 aliphatic heterocycles. The van der Waals surface area contributed by atoms with E-state index in [0.717, 1.165) is 25.4 Å². The zero-order chi connectivity index (χ0) is 12.3. The molecule has 1 saturated heterocycles. The van der Waals surface area contributed by atoms with E-state index in [4.69, 9.17) is 9.52 Å². The second kappa shape index (κ2) is 5.67. The number of furan rings is 1. The Kier molecular flexibility index (Phi) is 4.20. The fraction of sp³-hybridized carbons (Fsp3) is 0.692. The van der Waals surface area contributed by atoms with Gasteiger partial charge in [0, 0.05) is 12.6 Å². The van der Waals surface area contributed by atoms with Crippen LogP contribution in [-0.2, 0) is 13.2 Å². The highest BCUT2D eigenvalue weighted by Crippen LogP contribution is 2.16. The highest BCUT2D eigenvalue weighted by molar-refractivity contribution is 5.06. The molecule has 0 spiro atoms. The zero-order valence-electron chi connectivity index (χ0n) is 10.6. The van der Waals surface area contributed by atoms with Crippen molar-refractivity contribution in [1.29, 1.82) is 0 Å². The number of rotatable bonds is 4. The Balaban J connectivity index is 1.81. The summed E-state index contributed by atoms with van der Waals surface area (Å²) in [7, 11) is 2.17. The predicted molar refractivity (Wildman–Crippen MR) is 66.5 cm³/mol. The van der Waals surface area contributed by atoms with E-state index >= 15 is 0 Å². The Morgan fingerprint density at radius 1 is 1.47 bits per heavy atom. The molecule has 1 aromatic heterocycles. The molecular weight excluding hydrogens is 216 g/mol. The molecule has 2 unspecified atom stereocenters. The Morgan fingerprint density at radius 3 is 2.88 bits per heavy atom. The average molecular weight is 238 g/mol. The monoisotopic (exact) mass is 238 g/mol. The number of hydrogen-bond donors (Lipinski definition) is 2. The lowest BCUT2D eigenvalue weighted by Crippen LogP contribution is -2.46. The van der Waals surface area contributed by atoms with E-state index in [1.165, 1.54) is 6.42 Å². The van der Waals surface area contributed by atoms with E-state index in [1.807, 2.05) is 12.1 Å². The van der Waals surface area contributed by atoms with E-state index in [1.54, 1.807) is 0 Å². The van der Waals surface area contributed by atoms with Crippen molar-refractivity contribution < 1.29 is 9.52 Å². The first-order valence-electron chi connectivity index (χ1n) is 6.29. The maximum atomic E-state index is 8.92. The molecule has 2 heterocycles. The van der Waals surface area contributed by atoms with Gasteiger partial charge in [0.1, 0.15) is 18.1 Å². The summed E-state index contributed by atoms with van der Waals surface area (Å²) in [5.74, 6) is 2.21. The topological polar surface area (TPSA) is 48.6 Å². The normalized spacial score (nSPS) is 26.3. The van der Waals surface area contributed by atoms with Crippen LogP contribution >= 0.6 is 0 Å². The van der Waals surface area contributed by atoms with Gasteiger partial charge >= 0.3 is 0 Å². The summed E-state index contributed by atoms with van der Waals surface area (Å²) < 4.78 is 5.46. The summed E-state index contributed by atoms with van der Waals surface area (Å²) in [6.45, 7) is 5.32. The SMILES string of the molecule is CC1CN(C)CCC1NCc1ccc(CO)o1. The molecule has 0 bridgehead atoms. The maximum Gasteiger partial charge on any atom is 0.129 e. The average Bonchev–Trinajstić information content (AvgIpc) is 2.76. The molecule has 1 aliphatic rings. The third kappa shape index (κ3) is 3.31. The lowest BCUT2D eigenvalue weighted by molar-refractivity contribution is 0.171. The number of aliphatic hydroxyl groups is 1. The minimum Gasteiger partial charge on any atom is -0.462 e. The second-order valence-electron chi connectivity index (χ2n) is 5.04. The van der Waals surface area contributed by atoms with E-state index in [2.05, 4.69) is 24.2 Å². The first-order valence-corrected chi connectivity index (χ1v) is 6.29. The number of nitrogens with zero attached hydrogens (tertiary/aromatic N) is 1. The summed E-state index contributed by atoms with van der Waals surface area (Å²) in [4.78, 5) is 2.37. The van der Waals surface area contributed by atoms with Crippen LogP contribution in [0.2, 0.25) is 0 Å². The van der Waals surface area contributed by atoms with Crippen molar-refractivity contribution in [3.8, 4) is 0 Å². The molecule has 2 atom stereocenters. The maximum absolute atomic E-state index is 8.92. The first-order chi connectivity index (χ1) is 8.19. The molecule has 0 saturated carbocycles. The molecule has 4 heteroatoms. The standard InChI is InChI=1S/C13H22N2O2/c1-10-8-15(2)6-5-13(10)14-7-11-3-4-12(9-16)17-11/h3-4,10,13-14,16H,5-9H2,1-2H3. The molecule has 1 fully saturated rings. The Labute approximate surface area is 103 Å². The number of aliphatic hydroxyl groups excluding tert-OH is 1. The lowest BCUT2D eigenvalue weighted by atomic mass is 9.94. The highest BCUT2D eigenvalue weighted by atomic mass is 16.4. The minimum atomic E-state index is -0.0232. The summed E-state index contributed by atoms with van der Waals surface area (Å²) in [5.41, 5.74) is 0. The van der Waals surface area contributed by atoms with Gasteiger partial charge < -0.3 is 19.7 Å². The van der Waals surface area contributed by atoms with Gasteiger partial charge in [-0.05, 0) is 38.1 Å². The first kappa shape index (κ1) is 12.6. The molecule has 1 aromatic rings. The number of nitrogens with one attached hydrogen (secondary N) is 1. The van der Waals surface area contributed by atoms with Crippen molar-refractivity contribution in [2.45, 2.75) is 32.5 Å². The number of likely N-dealkylation sites (tertiary alicyclic amines) is 1. The molecule has 17 heavy (non-hydrogen) atoms. The predicted octanol–water partition coefficient (Wildman–Crippen LogP) is 1.20. The molecule has 0 amide bonds. The summed E-state index contributed by atoms with van der Waals surface area (Å²) in [5, 5.41) is 12.5. The quantitative estimate of drug-likeness (QED) is 0.827. The van der Waals surface area contributed by atoms with Crippen LogP contribution in [0.4, 0.5) is 0 Å². The van der Waals surface area contributed by atoms with Crippen LogP contribution in [0.25, 0.3) is 0 Å². The largest absolute Gasteiger partial charge is 0.462 e. The van der Waals surface area contributed by atoms with Gasteiger partial charge in [0.05, 0.1) is 6.54 Å². The molecule has 0 aromatic carbocycles. The third-order valence-corrected chi connectivity index (χ3v) is 3.52. The molecule has 0 radical (unpaired) electrons. The molecule has 0 aliphatic carbocycles. The van der Waals surface area contributed by atoms with Gasteiger partial charge in [0.15, 0.2) is 0 Å².